The molecule has 8 aromatic carbocycles. The summed E-state index contributed by atoms with van der Waals surface area (Å²) in [6, 6.07) is 89.4. The van der Waals surface area contributed by atoms with Crippen LogP contribution in [0.15, 0.2) is 225 Å². The first-order valence-corrected chi connectivity index (χ1v) is 57.3. The van der Waals surface area contributed by atoms with E-state index in [0.29, 0.717) is 0 Å². The van der Waals surface area contributed by atoms with Gasteiger partial charge in [0.25, 0.3) is 0 Å². The smallest absolute Gasteiger partial charge is 1.00 e. The Morgan fingerprint density at radius 1 is 0.298 bits per heavy atom. The van der Waals surface area contributed by atoms with E-state index in [1.807, 2.05) is 0 Å². The molecule has 0 aliphatic heterocycles. The van der Waals surface area contributed by atoms with Gasteiger partial charge < -0.3 is 24.8 Å². The van der Waals surface area contributed by atoms with E-state index in [-0.39, 0.29) is 24.8 Å². The minimum absolute atomic E-state index is 0. The molecule has 0 amide bonds. The van der Waals surface area contributed by atoms with Crippen molar-refractivity contribution in [2.45, 2.75) is 181 Å². The molecule has 94 heavy (non-hydrogen) atoms. The van der Waals surface area contributed by atoms with Gasteiger partial charge in [0, 0.05) is 0 Å². The molecule has 4 aliphatic rings. The number of benzene rings is 8. The summed E-state index contributed by atoms with van der Waals surface area (Å²) in [7, 11) is -5.79. The summed E-state index contributed by atoms with van der Waals surface area (Å²) in [5.74, 6) is 0. The van der Waals surface area contributed by atoms with Crippen molar-refractivity contribution >= 4 is 66.2 Å². The molecule has 0 atom stereocenters. The Bertz CT molecular complexity index is 3680. The Hall–Kier alpha value is -4.35. The van der Waals surface area contributed by atoms with Crippen molar-refractivity contribution in [3.05, 3.63) is 270 Å². The first kappa shape index (κ1) is 73.9. The molecular formula is C86H104Cl2Hf2Si4-2. The Morgan fingerprint density at radius 3 is 0.798 bits per heavy atom. The molecule has 12 rings (SSSR count). The molecule has 488 valence electrons. The monoisotopic (exact) mass is 1680 g/mol. The number of hydrogen-bond donors (Lipinski definition) is 0. The predicted octanol–water partition coefficient (Wildman–Crippen LogP) is 14.1. The van der Waals surface area contributed by atoms with Crippen molar-refractivity contribution in [2.75, 3.05) is 0 Å². The van der Waals surface area contributed by atoms with Crippen molar-refractivity contribution in [1.29, 1.82) is 0 Å². The summed E-state index contributed by atoms with van der Waals surface area (Å²) < 4.78 is 10.2. The van der Waals surface area contributed by atoms with Crippen molar-refractivity contribution in [3.8, 4) is 22.3 Å². The zero-order valence-corrected chi connectivity index (χ0v) is 71.6. The van der Waals surface area contributed by atoms with Gasteiger partial charge >= 0.3 is 581 Å². The molecule has 8 heteroatoms. The van der Waals surface area contributed by atoms with Crippen LogP contribution in [-0.4, -0.2) is 38.8 Å². The van der Waals surface area contributed by atoms with E-state index < -0.39 is 74.2 Å². The molecule has 4 aliphatic carbocycles. The van der Waals surface area contributed by atoms with E-state index in [1.54, 1.807) is 51.7 Å². The average molecular weight is 1680 g/mol. The zero-order valence-electron chi connectivity index (χ0n) is 58.9. The second-order valence-corrected chi connectivity index (χ2v) is 65.7. The minimum atomic E-state index is -2.88. The van der Waals surface area contributed by atoms with Gasteiger partial charge in [-0.1, -0.05) is 0 Å². The number of halogens is 2. The molecule has 0 saturated carbocycles. The molecular weight excluding hydrogens is 1570 g/mol. The van der Waals surface area contributed by atoms with Gasteiger partial charge in [-0.05, 0) is 0 Å². The Labute approximate surface area is 599 Å². The van der Waals surface area contributed by atoms with E-state index in [0.717, 1.165) is 25.7 Å². The fraction of sp³-hybridized carbons (Fsp3) is 0.326. The molecule has 0 unspecified atom stereocenters. The van der Waals surface area contributed by atoms with Crippen molar-refractivity contribution in [1.82, 2.24) is 0 Å². The normalized spacial score (nSPS) is 13.5. The Balaban J connectivity index is 0.000000217. The quantitative estimate of drug-likeness (QED) is 0.0529. The van der Waals surface area contributed by atoms with E-state index in [9.17, 15) is 0 Å². The van der Waals surface area contributed by atoms with Crippen molar-refractivity contribution in [2.24, 2.45) is 0 Å². The second kappa shape index (κ2) is 33.0. The van der Waals surface area contributed by atoms with Crippen molar-refractivity contribution in [3.63, 3.8) is 0 Å². The SMILES string of the molecule is CC[Si](CC)(CC)c1ccc([C](c2ccc([Si](CC)(CC)CC)cc2)=[Hf]([C]2=CC=CC2)[c]2cccc3c2Cc2ccccc2-3)cc1.CC[Si](CC)(CC)c1ccc([C](c2ccc([Si](CC)(CC)CC)cc2)=[Hf]([C]2=CC=CC2)[c]2cccc3c2Cc2ccccc2-3)cc1.[Cl-].[Cl-]. The maximum atomic E-state index is 2.55. The van der Waals surface area contributed by atoms with E-state index in [2.05, 4.69) is 302 Å². The third kappa shape index (κ3) is 14.2. The molecule has 0 nitrogen and oxygen atoms in total. The van der Waals surface area contributed by atoms with Crippen LogP contribution in [0.1, 0.15) is 140 Å². The first-order chi connectivity index (χ1) is 44.9. The zero-order chi connectivity index (χ0) is 64.6. The van der Waals surface area contributed by atoms with Gasteiger partial charge in [-0.25, -0.2) is 0 Å². The summed E-state index contributed by atoms with van der Waals surface area (Å²) >= 11 is -5.77. The Kier molecular flexibility index (Phi) is 25.9. The average Bonchev–Trinajstić information content (AvgIpc) is 1.20. The maximum Gasteiger partial charge on any atom is -1.00 e. The van der Waals surface area contributed by atoms with Crippen LogP contribution in [0.2, 0.25) is 72.5 Å². The number of fused-ring (bicyclic) bond motifs is 6. The second-order valence-electron chi connectivity index (χ2n) is 27.2. The summed E-state index contributed by atoms with van der Waals surface area (Å²) in [5, 5.41) is 6.59. The largest absolute Gasteiger partial charge is 1.00 e. The van der Waals surface area contributed by atoms with E-state index >= 15 is 0 Å². The maximum absolute atomic E-state index is 2.88. The van der Waals surface area contributed by atoms with Gasteiger partial charge in [0.2, 0.25) is 0 Å². The van der Waals surface area contributed by atoms with Gasteiger partial charge in [0.15, 0.2) is 0 Å². The van der Waals surface area contributed by atoms with E-state index in [1.165, 1.54) is 128 Å². The molecule has 8 aromatic rings. The number of allylic oxidation sites excluding steroid dienone is 8. The molecule has 0 radical (unpaired) electrons. The van der Waals surface area contributed by atoms with Crippen LogP contribution in [0.4, 0.5) is 0 Å². The molecule has 0 heterocycles. The van der Waals surface area contributed by atoms with Crippen LogP contribution in [0, 0.1) is 0 Å². The van der Waals surface area contributed by atoms with Crippen LogP contribution in [0.25, 0.3) is 22.3 Å². The summed E-state index contributed by atoms with van der Waals surface area (Å²) in [5.41, 5.74) is 17.9. The molecule has 0 fully saturated rings. The number of hydrogen-bond acceptors (Lipinski definition) is 0. The Morgan fingerprint density at radius 2 is 0.553 bits per heavy atom. The topological polar surface area (TPSA) is 0 Å². The summed E-state index contributed by atoms with van der Waals surface area (Å²) in [6.45, 7) is 29.2. The predicted molar refractivity (Wildman–Crippen MR) is 412 cm³/mol. The van der Waals surface area contributed by atoms with Crippen LogP contribution in [0.3, 0.4) is 0 Å². The van der Waals surface area contributed by atoms with Crippen LogP contribution < -0.4 is 52.2 Å². The summed E-state index contributed by atoms with van der Waals surface area (Å²) in [4.78, 5) is 0. The van der Waals surface area contributed by atoms with Gasteiger partial charge in [-0.3, -0.25) is 0 Å². The summed E-state index contributed by atoms with van der Waals surface area (Å²) in [6.07, 6.45) is 18.8. The minimum Gasteiger partial charge on any atom is -1.00 e. The van der Waals surface area contributed by atoms with Gasteiger partial charge in [0.05, 0.1) is 0 Å². The fourth-order valence-corrected chi connectivity index (χ4v) is 54.8. The van der Waals surface area contributed by atoms with E-state index in [4.69, 9.17) is 0 Å². The van der Waals surface area contributed by atoms with Crippen LogP contribution in [0.5, 0.6) is 0 Å². The molecule has 0 spiro atoms. The first-order valence-electron chi connectivity index (χ1n) is 36.0. The van der Waals surface area contributed by atoms with Crippen LogP contribution >= 0.6 is 0 Å². The standard InChI is InChI=1S/2C25H38Si2.2C13H9.2C5H5.2ClH.2Hf/c2*1-7-26(8-2,9-3)24-17-13-22(14-18-24)21-23-15-19-25(20-16-23)27(10-4,11-5)12-6;2*1-3-7-12-10(5-1)9-11-6-2-4-8-13(11)12;2*1-2-4-5-3-1;;;;/h2*13-20H,7-12H2,1-6H3;2*1-5,7-8H,9H2;2*1-3H,4H2;2*1H;;/p-2. The fourth-order valence-electron chi connectivity index (χ4n) is 17.3. The third-order valence-corrected chi connectivity index (χ3v) is 68.9. The molecule has 0 saturated heterocycles. The molecule has 0 N–H and O–H groups in total. The third-order valence-electron chi connectivity index (χ3n) is 24.2. The molecule has 0 aromatic heterocycles. The van der Waals surface area contributed by atoms with Crippen molar-refractivity contribution < 1.29 is 66.7 Å². The van der Waals surface area contributed by atoms with Gasteiger partial charge in [0.1, 0.15) is 0 Å². The molecule has 0 bridgehead atoms. The van der Waals surface area contributed by atoms with Crippen LogP contribution in [-0.2, 0) is 54.8 Å². The van der Waals surface area contributed by atoms with Gasteiger partial charge in [-0.2, -0.15) is 0 Å². The van der Waals surface area contributed by atoms with Gasteiger partial charge in [-0.15, -0.1) is 0 Å². The number of rotatable bonds is 24.